The Kier molecular flexibility index (Phi) is 7.01. The third-order valence-corrected chi connectivity index (χ3v) is 6.84. The van der Waals surface area contributed by atoms with Crippen LogP contribution in [0, 0.1) is 20.8 Å². The highest BCUT2D eigenvalue weighted by molar-refractivity contribution is 5.83. The molecule has 3 aromatic heterocycles. The zero-order valence-corrected chi connectivity index (χ0v) is 21.7. The molecule has 1 atom stereocenters. The van der Waals surface area contributed by atoms with E-state index in [0.717, 1.165) is 51.2 Å². The third-order valence-electron chi connectivity index (χ3n) is 6.84. The first-order valence-corrected chi connectivity index (χ1v) is 12.6. The van der Waals surface area contributed by atoms with Crippen LogP contribution in [0.15, 0.2) is 70.1 Å². The molecule has 1 N–H and O–H groups in total. The van der Waals surface area contributed by atoms with Crippen LogP contribution in [0.3, 0.4) is 0 Å². The fourth-order valence-corrected chi connectivity index (χ4v) is 4.97. The minimum absolute atomic E-state index is 0.0727. The molecule has 0 amide bonds. The summed E-state index contributed by atoms with van der Waals surface area (Å²) >= 11 is 0. The number of nitrogens with one attached hydrogen (secondary N) is 1. The van der Waals surface area contributed by atoms with Crippen LogP contribution in [0.2, 0.25) is 0 Å². The highest BCUT2D eigenvalue weighted by Crippen LogP contribution is 2.27. The molecule has 0 fully saturated rings. The Morgan fingerprint density at radius 1 is 1.03 bits per heavy atom. The summed E-state index contributed by atoms with van der Waals surface area (Å²) in [5.74, 6) is 1.53. The minimum Gasteiger partial charge on any atom is -0.467 e. The van der Waals surface area contributed by atoms with Gasteiger partial charge in [0.25, 0.3) is 5.56 Å². The first-order chi connectivity index (χ1) is 17.9. The molecule has 0 aliphatic rings. The molecule has 0 aliphatic heterocycles. The second-order valence-corrected chi connectivity index (χ2v) is 9.76. The van der Waals surface area contributed by atoms with Gasteiger partial charge in [-0.25, -0.2) is 4.68 Å². The summed E-state index contributed by atoms with van der Waals surface area (Å²) in [6, 6.07) is 18.4. The van der Waals surface area contributed by atoms with Gasteiger partial charge < -0.3 is 9.40 Å². The van der Waals surface area contributed by atoms with Crippen molar-refractivity contribution in [3.63, 3.8) is 0 Å². The number of furan rings is 1. The van der Waals surface area contributed by atoms with E-state index in [-0.39, 0.29) is 11.6 Å². The minimum atomic E-state index is -0.111. The number of nitrogens with zero attached hydrogens (tertiary/aromatic N) is 5. The Labute approximate surface area is 215 Å². The summed E-state index contributed by atoms with van der Waals surface area (Å²) in [6.07, 6.45) is 2.42. The monoisotopic (exact) mass is 496 g/mol. The van der Waals surface area contributed by atoms with E-state index in [2.05, 4.69) is 76.5 Å². The smallest absolute Gasteiger partial charge is 0.252 e. The van der Waals surface area contributed by atoms with Crippen molar-refractivity contribution >= 4 is 10.9 Å². The van der Waals surface area contributed by atoms with Gasteiger partial charge in [0.05, 0.1) is 12.3 Å². The summed E-state index contributed by atoms with van der Waals surface area (Å²) in [5.41, 5.74) is 6.16. The van der Waals surface area contributed by atoms with Gasteiger partial charge in [0, 0.05) is 29.6 Å². The summed E-state index contributed by atoms with van der Waals surface area (Å²) in [7, 11) is 0. The topological polar surface area (TPSA) is 92.8 Å². The van der Waals surface area contributed by atoms with Crippen LogP contribution in [0.4, 0.5) is 0 Å². The molecule has 8 nitrogen and oxygen atoms in total. The number of hydrogen-bond donors (Lipinski definition) is 1. The molecule has 0 bridgehead atoms. The molecule has 0 saturated heterocycles. The Morgan fingerprint density at radius 3 is 2.57 bits per heavy atom. The average Bonchev–Trinajstić information content (AvgIpc) is 3.55. The molecule has 37 heavy (non-hydrogen) atoms. The van der Waals surface area contributed by atoms with Gasteiger partial charge >= 0.3 is 0 Å². The normalized spacial score (nSPS) is 12.5. The van der Waals surface area contributed by atoms with E-state index >= 15 is 0 Å². The van der Waals surface area contributed by atoms with Gasteiger partial charge in [-0.2, -0.15) is 0 Å². The number of hydrogen-bond acceptors (Lipinski definition) is 6. The van der Waals surface area contributed by atoms with Gasteiger partial charge in [-0.3, -0.25) is 9.69 Å². The van der Waals surface area contributed by atoms with Gasteiger partial charge in [0.1, 0.15) is 12.3 Å². The third kappa shape index (κ3) is 5.39. The van der Waals surface area contributed by atoms with Crippen LogP contribution in [-0.4, -0.2) is 30.1 Å². The van der Waals surface area contributed by atoms with Crippen molar-refractivity contribution in [2.45, 2.75) is 59.8 Å². The molecule has 8 heteroatoms. The zero-order chi connectivity index (χ0) is 25.9. The largest absolute Gasteiger partial charge is 0.467 e. The quantitative estimate of drug-likeness (QED) is 0.300. The van der Waals surface area contributed by atoms with E-state index < -0.39 is 0 Å². The van der Waals surface area contributed by atoms with Crippen LogP contribution in [0.5, 0.6) is 0 Å². The number of H-pyrrole nitrogens is 1. The summed E-state index contributed by atoms with van der Waals surface area (Å²) in [5, 5.41) is 13.7. The van der Waals surface area contributed by atoms with Crippen LogP contribution in [-0.2, 0) is 19.6 Å². The fraction of sp³-hybridized carbons (Fsp3) is 0.310. The Balaban J connectivity index is 1.54. The summed E-state index contributed by atoms with van der Waals surface area (Å²) in [6.45, 7) is 9.88. The van der Waals surface area contributed by atoms with Crippen LogP contribution >= 0.6 is 0 Å². The lowest BCUT2D eigenvalue weighted by molar-refractivity contribution is 0.161. The highest BCUT2D eigenvalue weighted by Gasteiger charge is 2.26. The van der Waals surface area contributed by atoms with Gasteiger partial charge in [0.15, 0.2) is 5.82 Å². The molecule has 0 aliphatic carbocycles. The molecule has 0 spiro atoms. The number of benzene rings is 2. The summed E-state index contributed by atoms with van der Waals surface area (Å²) in [4.78, 5) is 18.6. The first kappa shape index (κ1) is 24.6. The van der Waals surface area contributed by atoms with E-state index in [1.165, 1.54) is 5.56 Å². The number of aromatic nitrogens is 5. The van der Waals surface area contributed by atoms with E-state index in [9.17, 15) is 4.79 Å². The van der Waals surface area contributed by atoms with Gasteiger partial charge in [0.2, 0.25) is 0 Å². The van der Waals surface area contributed by atoms with Crippen molar-refractivity contribution < 1.29 is 4.42 Å². The second-order valence-electron chi connectivity index (χ2n) is 9.76. The molecule has 5 aromatic rings. The van der Waals surface area contributed by atoms with Crippen molar-refractivity contribution in [1.82, 2.24) is 30.1 Å². The van der Waals surface area contributed by atoms with Crippen LogP contribution < -0.4 is 5.56 Å². The highest BCUT2D eigenvalue weighted by atomic mass is 16.3. The fourth-order valence-electron chi connectivity index (χ4n) is 4.97. The molecule has 5 rings (SSSR count). The molecule has 0 radical (unpaired) electrons. The van der Waals surface area contributed by atoms with E-state index in [1.807, 2.05) is 31.2 Å². The number of rotatable bonds is 9. The van der Waals surface area contributed by atoms with Crippen molar-refractivity contribution in [3.8, 4) is 0 Å². The summed E-state index contributed by atoms with van der Waals surface area (Å²) < 4.78 is 7.32. The maximum Gasteiger partial charge on any atom is 0.252 e. The van der Waals surface area contributed by atoms with Crippen molar-refractivity contribution in [2.75, 3.05) is 0 Å². The molecular weight excluding hydrogens is 464 g/mol. The number of tetrazole rings is 1. The molecule has 2 aromatic carbocycles. The van der Waals surface area contributed by atoms with Crippen molar-refractivity contribution in [2.24, 2.45) is 0 Å². The predicted octanol–water partition coefficient (Wildman–Crippen LogP) is 5.23. The van der Waals surface area contributed by atoms with E-state index in [1.54, 1.807) is 10.9 Å². The molecular formula is C29H32N6O2. The van der Waals surface area contributed by atoms with E-state index in [4.69, 9.17) is 4.42 Å². The van der Waals surface area contributed by atoms with E-state index in [0.29, 0.717) is 19.6 Å². The SMILES string of the molecule is CCC(c1nnnn1Cc1ccco1)N(Cc1ccc(C)cc1)Cc1cc2c(C)cc(C)cc2[nH]c1=O. The van der Waals surface area contributed by atoms with Gasteiger partial charge in [-0.1, -0.05) is 42.8 Å². The van der Waals surface area contributed by atoms with Crippen LogP contribution in [0.1, 0.15) is 58.8 Å². The Bertz CT molecular complexity index is 1550. The first-order valence-electron chi connectivity index (χ1n) is 12.6. The Morgan fingerprint density at radius 2 is 1.84 bits per heavy atom. The molecule has 3 heterocycles. The maximum absolute atomic E-state index is 13.2. The van der Waals surface area contributed by atoms with Gasteiger partial charge in [-0.05, 0) is 78.6 Å². The lowest BCUT2D eigenvalue weighted by atomic mass is 10.0. The molecule has 190 valence electrons. The number of fused-ring (bicyclic) bond motifs is 1. The van der Waals surface area contributed by atoms with Crippen LogP contribution in [0.25, 0.3) is 10.9 Å². The Hall–Kier alpha value is -4.04. The molecule has 0 saturated carbocycles. The number of aryl methyl sites for hydroxylation is 3. The predicted molar refractivity (Wildman–Crippen MR) is 143 cm³/mol. The standard InChI is InChI=1S/C29H32N6O2/c1-5-27(28-31-32-33-35(28)18-24-7-6-12-37-24)34(16-22-10-8-19(2)9-11-22)17-23-15-25-21(4)13-20(3)14-26(25)30-29(23)36/h6-15,27H,5,16-18H2,1-4H3,(H,30,36). The zero-order valence-electron chi connectivity index (χ0n) is 21.7. The van der Waals surface area contributed by atoms with Crippen molar-refractivity contribution in [3.05, 3.63) is 111 Å². The number of pyridine rings is 1. The van der Waals surface area contributed by atoms with Crippen molar-refractivity contribution in [1.29, 1.82) is 0 Å². The lowest BCUT2D eigenvalue weighted by Gasteiger charge is -2.30. The second kappa shape index (κ2) is 10.5. The van der Waals surface area contributed by atoms with Gasteiger partial charge in [-0.15, -0.1) is 5.10 Å². The average molecular weight is 497 g/mol. The lowest BCUT2D eigenvalue weighted by Crippen LogP contribution is -2.32. The maximum atomic E-state index is 13.2. The molecule has 1 unspecified atom stereocenters. The number of aromatic amines is 1.